The van der Waals surface area contributed by atoms with Gasteiger partial charge in [-0.1, -0.05) is 35.4 Å². The van der Waals surface area contributed by atoms with Crippen LogP contribution in [0.15, 0.2) is 36.4 Å². The molecule has 5 heteroatoms. The summed E-state index contributed by atoms with van der Waals surface area (Å²) in [5, 5.41) is 0. The average Bonchev–Trinajstić information content (AvgIpc) is 2.88. The number of nitrogens with zero attached hydrogens (tertiary/aromatic N) is 1. The second-order valence-electron chi connectivity index (χ2n) is 7.11. The van der Waals surface area contributed by atoms with Crippen LogP contribution in [0, 0.1) is 19.8 Å². The molecule has 2 aromatic carbocycles. The second-order valence-corrected chi connectivity index (χ2v) is 7.11. The minimum atomic E-state index is -0.293. The number of benzene rings is 2. The third-order valence-corrected chi connectivity index (χ3v) is 4.89. The van der Waals surface area contributed by atoms with Crippen LogP contribution in [-0.4, -0.2) is 30.9 Å². The Labute approximate surface area is 159 Å². The zero-order chi connectivity index (χ0) is 19.6. The number of rotatable bonds is 6. The van der Waals surface area contributed by atoms with Gasteiger partial charge in [0, 0.05) is 6.42 Å². The van der Waals surface area contributed by atoms with Crippen molar-refractivity contribution in [3.8, 4) is 11.5 Å². The van der Waals surface area contributed by atoms with Gasteiger partial charge in [0.25, 0.3) is 0 Å². The van der Waals surface area contributed by atoms with E-state index in [1.54, 1.807) is 26.4 Å². The molecule has 5 nitrogen and oxygen atoms in total. The molecule has 0 aromatic heterocycles. The number of amides is 2. The molecular weight excluding hydrogens is 342 g/mol. The van der Waals surface area contributed by atoms with Gasteiger partial charge in [-0.2, -0.15) is 0 Å². The quantitative estimate of drug-likeness (QED) is 0.734. The average molecular weight is 367 g/mol. The molecule has 0 spiro atoms. The van der Waals surface area contributed by atoms with Gasteiger partial charge in [0.15, 0.2) is 11.5 Å². The van der Waals surface area contributed by atoms with Crippen LogP contribution in [0.3, 0.4) is 0 Å². The van der Waals surface area contributed by atoms with E-state index in [9.17, 15) is 9.59 Å². The van der Waals surface area contributed by atoms with Crippen LogP contribution in [0.4, 0.5) is 0 Å². The van der Waals surface area contributed by atoms with Crippen LogP contribution < -0.4 is 9.47 Å². The molecule has 2 amide bonds. The Morgan fingerprint density at radius 3 is 2.22 bits per heavy atom. The fraction of sp³-hybridized carbons (Fsp3) is 0.364. The molecule has 1 heterocycles. The van der Waals surface area contributed by atoms with Gasteiger partial charge < -0.3 is 9.47 Å². The highest BCUT2D eigenvalue weighted by molar-refractivity contribution is 6.03. The van der Waals surface area contributed by atoms with Crippen molar-refractivity contribution >= 4 is 11.8 Å². The topological polar surface area (TPSA) is 55.8 Å². The fourth-order valence-corrected chi connectivity index (χ4v) is 3.71. The smallest absolute Gasteiger partial charge is 0.233 e. The lowest BCUT2D eigenvalue weighted by atomic mass is 9.95. The van der Waals surface area contributed by atoms with E-state index in [0.717, 1.165) is 11.1 Å². The van der Waals surface area contributed by atoms with E-state index in [1.165, 1.54) is 16.0 Å². The standard InChI is InChI=1S/C22H25NO4/c1-14-7-15(2)9-17(8-14)10-18-12-21(24)23(22(18)25)13-16-5-6-19(26-3)20(11-16)27-4/h5-9,11,18H,10,12-13H2,1-4H3/t18-/m0/s1. The van der Waals surface area contributed by atoms with Gasteiger partial charge in [0.05, 0.1) is 26.7 Å². The van der Waals surface area contributed by atoms with Crippen molar-refractivity contribution in [2.24, 2.45) is 5.92 Å². The molecule has 1 aliphatic heterocycles. The van der Waals surface area contributed by atoms with Gasteiger partial charge in [-0.05, 0) is 43.5 Å². The number of carbonyl (C=O) groups is 2. The Kier molecular flexibility index (Phi) is 5.49. The van der Waals surface area contributed by atoms with Crippen molar-refractivity contribution in [1.29, 1.82) is 0 Å². The van der Waals surface area contributed by atoms with E-state index in [4.69, 9.17) is 9.47 Å². The van der Waals surface area contributed by atoms with Gasteiger partial charge in [-0.15, -0.1) is 0 Å². The van der Waals surface area contributed by atoms with Gasteiger partial charge >= 0.3 is 0 Å². The summed E-state index contributed by atoms with van der Waals surface area (Å²) < 4.78 is 10.5. The van der Waals surface area contributed by atoms with Gasteiger partial charge in [0.1, 0.15) is 0 Å². The molecule has 0 aliphatic carbocycles. The van der Waals surface area contributed by atoms with E-state index in [1.807, 2.05) is 19.9 Å². The largest absolute Gasteiger partial charge is 0.493 e. The predicted octanol–water partition coefficient (Wildman–Crippen LogP) is 3.44. The molecule has 0 bridgehead atoms. The van der Waals surface area contributed by atoms with Crippen molar-refractivity contribution in [2.45, 2.75) is 33.2 Å². The number of likely N-dealkylation sites (tertiary alicyclic amines) is 1. The Bertz CT molecular complexity index is 854. The van der Waals surface area contributed by atoms with Crippen molar-refractivity contribution in [3.05, 3.63) is 58.7 Å². The summed E-state index contributed by atoms with van der Waals surface area (Å²) in [6.45, 7) is 4.34. The molecule has 142 valence electrons. The number of carbonyl (C=O) groups excluding carboxylic acids is 2. The van der Waals surface area contributed by atoms with E-state index < -0.39 is 0 Å². The number of hydrogen-bond acceptors (Lipinski definition) is 4. The maximum atomic E-state index is 12.8. The maximum Gasteiger partial charge on any atom is 0.233 e. The monoisotopic (exact) mass is 367 g/mol. The molecule has 1 atom stereocenters. The van der Waals surface area contributed by atoms with Gasteiger partial charge in [0.2, 0.25) is 11.8 Å². The zero-order valence-corrected chi connectivity index (χ0v) is 16.2. The summed E-state index contributed by atoms with van der Waals surface area (Å²) in [5.41, 5.74) is 4.28. The minimum Gasteiger partial charge on any atom is -0.493 e. The SMILES string of the molecule is COc1ccc(CN2C(=O)C[C@H](Cc3cc(C)cc(C)c3)C2=O)cc1OC. The van der Waals surface area contributed by atoms with Gasteiger partial charge in [-0.25, -0.2) is 0 Å². The molecule has 3 rings (SSSR count). The van der Waals surface area contributed by atoms with Crippen LogP contribution in [0.25, 0.3) is 0 Å². The number of ether oxygens (including phenoxy) is 2. The Morgan fingerprint density at radius 1 is 0.926 bits per heavy atom. The first kappa shape index (κ1) is 19.0. The summed E-state index contributed by atoms with van der Waals surface area (Å²) in [6.07, 6.45) is 0.856. The fourth-order valence-electron chi connectivity index (χ4n) is 3.71. The Morgan fingerprint density at radius 2 is 1.59 bits per heavy atom. The van der Waals surface area contributed by atoms with Crippen LogP contribution in [0.2, 0.25) is 0 Å². The second kappa shape index (κ2) is 7.82. The van der Waals surface area contributed by atoms with Crippen molar-refractivity contribution < 1.29 is 19.1 Å². The van der Waals surface area contributed by atoms with Crippen LogP contribution in [-0.2, 0) is 22.6 Å². The van der Waals surface area contributed by atoms with E-state index in [0.29, 0.717) is 17.9 Å². The molecule has 2 aromatic rings. The number of aryl methyl sites for hydroxylation is 2. The summed E-state index contributed by atoms with van der Waals surface area (Å²) >= 11 is 0. The zero-order valence-electron chi connectivity index (χ0n) is 16.2. The Balaban J connectivity index is 1.74. The van der Waals surface area contributed by atoms with E-state index >= 15 is 0 Å². The third-order valence-electron chi connectivity index (χ3n) is 4.89. The van der Waals surface area contributed by atoms with Gasteiger partial charge in [-0.3, -0.25) is 14.5 Å². The molecule has 1 fully saturated rings. The minimum absolute atomic E-state index is 0.103. The maximum absolute atomic E-state index is 12.8. The lowest BCUT2D eigenvalue weighted by Gasteiger charge is -2.17. The Hall–Kier alpha value is -2.82. The highest BCUT2D eigenvalue weighted by Gasteiger charge is 2.38. The highest BCUT2D eigenvalue weighted by atomic mass is 16.5. The molecular formula is C22H25NO4. The molecule has 0 N–H and O–H groups in total. The lowest BCUT2D eigenvalue weighted by Crippen LogP contribution is -2.30. The normalized spacial score (nSPS) is 16.7. The van der Waals surface area contributed by atoms with Crippen LogP contribution >= 0.6 is 0 Å². The summed E-state index contributed by atoms with van der Waals surface area (Å²) in [5.74, 6) is 0.686. The first-order valence-electron chi connectivity index (χ1n) is 9.03. The molecule has 27 heavy (non-hydrogen) atoms. The molecule has 0 radical (unpaired) electrons. The molecule has 0 unspecified atom stereocenters. The van der Waals surface area contributed by atoms with Crippen molar-refractivity contribution in [1.82, 2.24) is 4.90 Å². The predicted molar refractivity (Wildman–Crippen MR) is 103 cm³/mol. The van der Waals surface area contributed by atoms with E-state index in [-0.39, 0.29) is 30.7 Å². The van der Waals surface area contributed by atoms with Crippen LogP contribution in [0.5, 0.6) is 11.5 Å². The van der Waals surface area contributed by atoms with Crippen LogP contribution in [0.1, 0.15) is 28.7 Å². The first-order chi connectivity index (χ1) is 12.9. The number of hydrogen-bond donors (Lipinski definition) is 0. The van der Waals surface area contributed by atoms with E-state index in [2.05, 4.69) is 18.2 Å². The first-order valence-corrected chi connectivity index (χ1v) is 9.03. The summed E-state index contributed by atoms with van der Waals surface area (Å²) in [4.78, 5) is 26.6. The molecule has 0 saturated carbocycles. The summed E-state index contributed by atoms with van der Waals surface area (Å²) in [7, 11) is 3.14. The van der Waals surface area contributed by atoms with Crippen molar-refractivity contribution in [3.63, 3.8) is 0 Å². The highest BCUT2D eigenvalue weighted by Crippen LogP contribution is 2.30. The van der Waals surface area contributed by atoms with Crippen molar-refractivity contribution in [2.75, 3.05) is 14.2 Å². The molecule has 1 saturated heterocycles. The summed E-state index contributed by atoms with van der Waals surface area (Å²) in [6, 6.07) is 11.7. The lowest BCUT2D eigenvalue weighted by molar-refractivity contribution is -0.140. The number of imide groups is 1. The molecule has 1 aliphatic rings. The number of methoxy groups -OCH3 is 2. The third kappa shape index (κ3) is 4.13.